The summed E-state index contributed by atoms with van der Waals surface area (Å²) < 4.78 is 5.63. The average Bonchev–Trinajstić information content (AvgIpc) is 2.67. The first kappa shape index (κ1) is 23.1. The molecular weight excluding hydrogens is 463 g/mol. The number of rotatable bonds is 5. The van der Waals surface area contributed by atoms with Gasteiger partial charge in [0.05, 0.1) is 22.3 Å². The summed E-state index contributed by atoms with van der Waals surface area (Å²) in [5, 5.41) is 3.04. The van der Waals surface area contributed by atoms with Crippen molar-refractivity contribution in [2.45, 2.75) is 20.8 Å². The van der Waals surface area contributed by atoms with E-state index in [2.05, 4.69) is 5.32 Å². The minimum Gasteiger partial charge on any atom is -0.490 e. The summed E-state index contributed by atoms with van der Waals surface area (Å²) in [5.41, 5.74) is 0.963. The fraction of sp³-hybridized carbons (Fsp3) is 0.227. The minimum absolute atomic E-state index is 0.238. The van der Waals surface area contributed by atoms with Gasteiger partial charge in [0.1, 0.15) is 5.57 Å². The van der Waals surface area contributed by atoms with Gasteiger partial charge in [0.15, 0.2) is 5.75 Å². The summed E-state index contributed by atoms with van der Waals surface area (Å²) in [4.78, 5) is 38.7. The molecule has 1 N–H and O–H groups in total. The number of barbiturate groups is 1. The standard InChI is InChI=1S/C22H19Cl3N2O4/c1-11(2)10-31-19-16(24)8-13(9-17(19)25)7-14-20(28)26-22(30)27(21(14)29)18-6-4-5-15(23)12(18)3/h4-9,11H,10H2,1-3H3,(H,26,28,30)/b14-7+. The second-order valence-electron chi connectivity index (χ2n) is 7.36. The molecule has 4 amide bonds. The van der Waals surface area contributed by atoms with Crippen molar-refractivity contribution in [1.82, 2.24) is 5.32 Å². The smallest absolute Gasteiger partial charge is 0.335 e. The lowest BCUT2D eigenvalue weighted by Gasteiger charge is -2.27. The summed E-state index contributed by atoms with van der Waals surface area (Å²) in [6.07, 6.45) is 1.32. The molecule has 2 aromatic carbocycles. The van der Waals surface area contributed by atoms with Crippen LogP contribution in [0.3, 0.4) is 0 Å². The normalized spacial score (nSPS) is 15.6. The predicted octanol–water partition coefficient (Wildman–Crippen LogP) is 5.66. The summed E-state index contributed by atoms with van der Waals surface area (Å²) in [5.74, 6) is -1.01. The van der Waals surface area contributed by atoms with Crippen molar-refractivity contribution in [3.8, 4) is 5.75 Å². The number of anilines is 1. The molecule has 0 aromatic heterocycles. The molecule has 0 bridgehead atoms. The van der Waals surface area contributed by atoms with Crippen LogP contribution in [0.25, 0.3) is 6.08 Å². The first-order valence-electron chi connectivity index (χ1n) is 9.38. The van der Waals surface area contributed by atoms with Crippen molar-refractivity contribution in [3.63, 3.8) is 0 Å². The largest absolute Gasteiger partial charge is 0.490 e. The zero-order valence-corrected chi connectivity index (χ0v) is 19.2. The molecule has 1 fully saturated rings. The van der Waals surface area contributed by atoms with Gasteiger partial charge in [-0.25, -0.2) is 9.69 Å². The third-order valence-corrected chi connectivity index (χ3v) is 5.45. The molecule has 0 radical (unpaired) electrons. The summed E-state index contributed by atoms with van der Waals surface area (Å²) in [6.45, 7) is 6.08. The Balaban J connectivity index is 1.99. The molecule has 0 aliphatic carbocycles. The fourth-order valence-corrected chi connectivity index (χ4v) is 3.71. The Morgan fingerprint density at radius 3 is 2.32 bits per heavy atom. The van der Waals surface area contributed by atoms with Crippen LogP contribution in [0.15, 0.2) is 35.9 Å². The van der Waals surface area contributed by atoms with Gasteiger partial charge in [-0.2, -0.15) is 0 Å². The molecular formula is C22H19Cl3N2O4. The molecule has 0 spiro atoms. The van der Waals surface area contributed by atoms with Crippen LogP contribution in [-0.4, -0.2) is 24.5 Å². The highest BCUT2D eigenvalue weighted by Crippen LogP contribution is 2.36. The van der Waals surface area contributed by atoms with Crippen LogP contribution in [0, 0.1) is 12.8 Å². The van der Waals surface area contributed by atoms with Crippen LogP contribution in [0.2, 0.25) is 15.1 Å². The second kappa shape index (κ2) is 9.30. The van der Waals surface area contributed by atoms with Crippen molar-refractivity contribution in [3.05, 3.63) is 62.1 Å². The van der Waals surface area contributed by atoms with Crippen LogP contribution in [0.1, 0.15) is 25.0 Å². The number of halogens is 3. The van der Waals surface area contributed by atoms with Gasteiger partial charge in [0, 0.05) is 5.02 Å². The molecule has 0 unspecified atom stereocenters. The van der Waals surface area contributed by atoms with Gasteiger partial charge in [-0.3, -0.25) is 14.9 Å². The number of hydrogen-bond acceptors (Lipinski definition) is 4. The van der Waals surface area contributed by atoms with E-state index in [-0.39, 0.29) is 27.2 Å². The molecule has 162 valence electrons. The molecule has 1 aliphatic heterocycles. The Bertz CT molecular complexity index is 1090. The molecule has 0 atom stereocenters. The Labute approximate surface area is 194 Å². The predicted molar refractivity (Wildman–Crippen MR) is 122 cm³/mol. The monoisotopic (exact) mass is 480 g/mol. The van der Waals surface area contributed by atoms with E-state index < -0.39 is 17.8 Å². The van der Waals surface area contributed by atoms with E-state index in [0.717, 1.165) is 4.90 Å². The van der Waals surface area contributed by atoms with E-state index in [9.17, 15) is 14.4 Å². The summed E-state index contributed by atoms with van der Waals surface area (Å²) in [7, 11) is 0. The number of imide groups is 2. The van der Waals surface area contributed by atoms with Gasteiger partial charge < -0.3 is 4.74 Å². The lowest BCUT2D eigenvalue weighted by molar-refractivity contribution is -0.122. The van der Waals surface area contributed by atoms with Crippen molar-refractivity contribution in [2.24, 2.45) is 5.92 Å². The maximum absolute atomic E-state index is 13.1. The Hall–Kier alpha value is -2.54. The van der Waals surface area contributed by atoms with Gasteiger partial charge >= 0.3 is 6.03 Å². The number of ether oxygens (including phenoxy) is 1. The van der Waals surface area contributed by atoms with E-state index in [4.69, 9.17) is 39.5 Å². The van der Waals surface area contributed by atoms with Crippen LogP contribution < -0.4 is 15.0 Å². The lowest BCUT2D eigenvalue weighted by atomic mass is 10.1. The average molecular weight is 482 g/mol. The highest BCUT2D eigenvalue weighted by molar-refractivity contribution is 6.40. The number of hydrogen-bond donors (Lipinski definition) is 1. The number of urea groups is 1. The van der Waals surface area contributed by atoms with Gasteiger partial charge in [0.25, 0.3) is 11.8 Å². The maximum Gasteiger partial charge on any atom is 0.335 e. The Morgan fingerprint density at radius 1 is 1.06 bits per heavy atom. The van der Waals surface area contributed by atoms with Gasteiger partial charge in [0.2, 0.25) is 0 Å². The van der Waals surface area contributed by atoms with Crippen molar-refractivity contribution in [2.75, 3.05) is 11.5 Å². The number of benzene rings is 2. The van der Waals surface area contributed by atoms with E-state index >= 15 is 0 Å². The summed E-state index contributed by atoms with van der Waals surface area (Å²) in [6, 6.07) is 7.03. The van der Waals surface area contributed by atoms with E-state index in [1.54, 1.807) is 25.1 Å². The van der Waals surface area contributed by atoms with Crippen LogP contribution >= 0.6 is 34.8 Å². The van der Waals surface area contributed by atoms with Crippen molar-refractivity contribution < 1.29 is 19.1 Å². The molecule has 31 heavy (non-hydrogen) atoms. The zero-order valence-electron chi connectivity index (χ0n) is 17.0. The molecule has 1 aliphatic rings. The van der Waals surface area contributed by atoms with Crippen LogP contribution in [0.4, 0.5) is 10.5 Å². The highest BCUT2D eigenvalue weighted by Gasteiger charge is 2.37. The van der Waals surface area contributed by atoms with E-state index in [1.807, 2.05) is 13.8 Å². The minimum atomic E-state index is -0.856. The van der Waals surface area contributed by atoms with Crippen LogP contribution in [0.5, 0.6) is 5.75 Å². The first-order valence-corrected chi connectivity index (χ1v) is 10.5. The van der Waals surface area contributed by atoms with E-state index in [0.29, 0.717) is 28.5 Å². The van der Waals surface area contributed by atoms with Gasteiger partial charge in [-0.15, -0.1) is 0 Å². The van der Waals surface area contributed by atoms with Crippen molar-refractivity contribution in [1.29, 1.82) is 0 Å². The second-order valence-corrected chi connectivity index (χ2v) is 8.58. The number of nitrogens with one attached hydrogen (secondary N) is 1. The molecule has 1 heterocycles. The number of carbonyl (C=O) groups excluding carboxylic acids is 3. The van der Waals surface area contributed by atoms with E-state index in [1.165, 1.54) is 18.2 Å². The maximum atomic E-state index is 13.1. The molecule has 2 aromatic rings. The molecule has 3 rings (SSSR count). The third-order valence-electron chi connectivity index (χ3n) is 4.47. The van der Waals surface area contributed by atoms with Crippen LogP contribution in [-0.2, 0) is 9.59 Å². The molecule has 0 saturated carbocycles. The fourth-order valence-electron chi connectivity index (χ4n) is 2.93. The summed E-state index contributed by atoms with van der Waals surface area (Å²) >= 11 is 18.7. The lowest BCUT2D eigenvalue weighted by Crippen LogP contribution is -2.54. The van der Waals surface area contributed by atoms with Crippen molar-refractivity contribution >= 4 is 64.4 Å². The number of amides is 4. The number of carbonyl (C=O) groups is 3. The third kappa shape index (κ3) is 4.87. The molecule has 1 saturated heterocycles. The number of nitrogens with zero attached hydrogens (tertiary/aromatic N) is 1. The quantitative estimate of drug-likeness (QED) is 0.442. The Kier molecular flexibility index (Phi) is 6.94. The Morgan fingerprint density at radius 2 is 1.71 bits per heavy atom. The highest BCUT2D eigenvalue weighted by atomic mass is 35.5. The van der Waals surface area contributed by atoms with Gasteiger partial charge in [-0.05, 0) is 54.3 Å². The first-order chi connectivity index (χ1) is 14.6. The molecule has 6 nitrogen and oxygen atoms in total. The molecule has 9 heteroatoms. The SMILES string of the molecule is Cc1c(Cl)cccc1N1C(=O)NC(=O)/C(=C\c2cc(Cl)c(OCC(C)C)c(Cl)c2)C1=O. The van der Waals surface area contributed by atoms with Gasteiger partial charge in [-0.1, -0.05) is 54.7 Å². The topological polar surface area (TPSA) is 75.7 Å². The zero-order chi connectivity index (χ0) is 22.9.